The highest BCUT2D eigenvalue weighted by molar-refractivity contribution is 5.89. The fraction of sp³-hybridized carbons (Fsp3) is 0.769. The van der Waals surface area contributed by atoms with Crippen LogP contribution in [0.1, 0.15) is 46.0 Å². The second kappa shape index (κ2) is 7.11. The molecule has 0 radical (unpaired) electrons. The molecule has 1 aliphatic rings. The third-order valence-corrected chi connectivity index (χ3v) is 3.24. The lowest BCUT2D eigenvalue weighted by atomic mass is 10.1. The quantitative estimate of drug-likeness (QED) is 0.669. The van der Waals surface area contributed by atoms with Crippen LogP contribution < -0.4 is 5.32 Å². The average molecular weight is 270 g/mol. The first kappa shape index (κ1) is 15.5. The van der Waals surface area contributed by atoms with E-state index in [1.807, 2.05) is 13.8 Å². The molecule has 1 atom stereocenters. The Labute approximate surface area is 113 Å². The van der Waals surface area contributed by atoms with Crippen LogP contribution in [0.15, 0.2) is 0 Å². The third-order valence-electron chi connectivity index (χ3n) is 3.24. The summed E-state index contributed by atoms with van der Waals surface area (Å²) in [6.45, 7) is 4.59. The molecule has 19 heavy (non-hydrogen) atoms. The molecule has 0 aromatic heterocycles. The van der Waals surface area contributed by atoms with E-state index in [2.05, 4.69) is 5.32 Å². The van der Waals surface area contributed by atoms with Crippen molar-refractivity contribution >= 4 is 17.8 Å². The van der Waals surface area contributed by atoms with E-state index >= 15 is 0 Å². The van der Waals surface area contributed by atoms with Gasteiger partial charge in [-0.25, -0.2) is 0 Å². The molecule has 2 N–H and O–H groups in total. The second-order valence-corrected chi connectivity index (χ2v) is 5.14. The molecule has 1 fully saturated rings. The van der Waals surface area contributed by atoms with Crippen LogP contribution in [-0.2, 0) is 14.4 Å². The van der Waals surface area contributed by atoms with Crippen LogP contribution in [0, 0.1) is 0 Å². The summed E-state index contributed by atoms with van der Waals surface area (Å²) in [7, 11) is 0. The molecule has 0 spiro atoms. The molecule has 1 saturated heterocycles. The van der Waals surface area contributed by atoms with Crippen molar-refractivity contribution in [2.24, 2.45) is 0 Å². The van der Waals surface area contributed by atoms with Gasteiger partial charge in [0.2, 0.25) is 11.8 Å². The molecule has 1 rings (SSSR count). The Hall–Kier alpha value is -1.59. The SMILES string of the molecule is CC(C)N1CCC(NC(=O)CCCCC(=O)O)C1=O. The van der Waals surface area contributed by atoms with Crippen molar-refractivity contribution in [1.29, 1.82) is 0 Å². The van der Waals surface area contributed by atoms with E-state index in [1.54, 1.807) is 4.90 Å². The monoisotopic (exact) mass is 270 g/mol. The average Bonchev–Trinajstić information content (AvgIpc) is 2.66. The Bertz CT molecular complexity index is 355. The fourth-order valence-electron chi connectivity index (χ4n) is 2.18. The summed E-state index contributed by atoms with van der Waals surface area (Å²) in [6, 6.07) is -0.251. The highest BCUT2D eigenvalue weighted by Crippen LogP contribution is 2.14. The van der Waals surface area contributed by atoms with E-state index in [9.17, 15) is 14.4 Å². The molecule has 1 unspecified atom stereocenters. The van der Waals surface area contributed by atoms with Gasteiger partial charge in [-0.1, -0.05) is 0 Å². The van der Waals surface area contributed by atoms with Crippen molar-refractivity contribution in [3.8, 4) is 0 Å². The summed E-state index contributed by atoms with van der Waals surface area (Å²) in [4.78, 5) is 35.6. The van der Waals surface area contributed by atoms with E-state index in [1.165, 1.54) is 0 Å². The van der Waals surface area contributed by atoms with E-state index in [0.29, 0.717) is 25.8 Å². The smallest absolute Gasteiger partial charge is 0.303 e. The van der Waals surface area contributed by atoms with Gasteiger partial charge in [0.15, 0.2) is 0 Å². The number of carbonyl (C=O) groups is 3. The fourth-order valence-corrected chi connectivity index (χ4v) is 2.18. The highest BCUT2D eigenvalue weighted by atomic mass is 16.4. The van der Waals surface area contributed by atoms with Crippen LogP contribution in [0.2, 0.25) is 0 Å². The van der Waals surface area contributed by atoms with E-state index in [0.717, 1.165) is 0 Å². The number of carboxylic acids is 1. The molecule has 1 aliphatic heterocycles. The first-order valence-electron chi connectivity index (χ1n) is 6.73. The van der Waals surface area contributed by atoms with Crippen molar-refractivity contribution in [2.45, 2.75) is 58.0 Å². The topological polar surface area (TPSA) is 86.7 Å². The number of amides is 2. The summed E-state index contributed by atoms with van der Waals surface area (Å²) in [6.07, 6.45) is 2.03. The largest absolute Gasteiger partial charge is 0.481 e. The van der Waals surface area contributed by atoms with Crippen LogP contribution in [0.4, 0.5) is 0 Å². The summed E-state index contributed by atoms with van der Waals surface area (Å²) in [5.74, 6) is -1.04. The number of hydrogen-bond acceptors (Lipinski definition) is 3. The summed E-state index contributed by atoms with van der Waals surface area (Å²) in [5.41, 5.74) is 0. The predicted molar refractivity (Wildman–Crippen MR) is 69.5 cm³/mol. The molecule has 6 heteroatoms. The van der Waals surface area contributed by atoms with Gasteiger partial charge < -0.3 is 15.3 Å². The van der Waals surface area contributed by atoms with Crippen LogP contribution in [0.5, 0.6) is 0 Å². The highest BCUT2D eigenvalue weighted by Gasteiger charge is 2.33. The van der Waals surface area contributed by atoms with Crippen molar-refractivity contribution in [3.63, 3.8) is 0 Å². The number of carbonyl (C=O) groups excluding carboxylic acids is 2. The van der Waals surface area contributed by atoms with Gasteiger partial charge in [0.05, 0.1) is 0 Å². The zero-order valence-electron chi connectivity index (χ0n) is 11.5. The Morgan fingerprint density at radius 3 is 2.53 bits per heavy atom. The normalized spacial score (nSPS) is 19.0. The van der Waals surface area contributed by atoms with Crippen LogP contribution in [-0.4, -0.2) is 46.4 Å². The molecule has 0 aromatic carbocycles. The lowest BCUT2D eigenvalue weighted by molar-refractivity contribution is -0.137. The zero-order valence-corrected chi connectivity index (χ0v) is 11.5. The zero-order chi connectivity index (χ0) is 14.4. The van der Waals surface area contributed by atoms with E-state index in [-0.39, 0.29) is 30.7 Å². The number of aliphatic carboxylic acids is 1. The lowest BCUT2D eigenvalue weighted by Gasteiger charge is -2.21. The predicted octanol–water partition coefficient (Wildman–Crippen LogP) is 0.757. The number of nitrogens with zero attached hydrogens (tertiary/aromatic N) is 1. The summed E-state index contributed by atoms with van der Waals surface area (Å²) >= 11 is 0. The Morgan fingerprint density at radius 1 is 1.37 bits per heavy atom. The lowest BCUT2D eigenvalue weighted by Crippen LogP contribution is -2.43. The van der Waals surface area contributed by atoms with Gasteiger partial charge in [0.25, 0.3) is 0 Å². The van der Waals surface area contributed by atoms with Crippen molar-refractivity contribution in [1.82, 2.24) is 10.2 Å². The molecular formula is C13H22N2O4. The standard InChI is InChI=1S/C13H22N2O4/c1-9(2)15-8-7-10(13(15)19)14-11(16)5-3-4-6-12(17)18/h9-10H,3-8H2,1-2H3,(H,14,16)(H,17,18). The number of unbranched alkanes of at least 4 members (excludes halogenated alkanes) is 1. The van der Waals surface area contributed by atoms with Gasteiger partial charge in [-0.05, 0) is 33.1 Å². The van der Waals surface area contributed by atoms with Crippen molar-refractivity contribution in [2.75, 3.05) is 6.54 Å². The van der Waals surface area contributed by atoms with Gasteiger partial charge in [-0.3, -0.25) is 14.4 Å². The molecule has 6 nitrogen and oxygen atoms in total. The molecule has 2 amide bonds. The minimum atomic E-state index is -0.848. The number of rotatable bonds is 7. The molecule has 0 aromatic rings. The maximum Gasteiger partial charge on any atom is 0.303 e. The van der Waals surface area contributed by atoms with Gasteiger partial charge >= 0.3 is 5.97 Å². The maximum absolute atomic E-state index is 11.9. The third kappa shape index (κ3) is 4.89. The van der Waals surface area contributed by atoms with Crippen LogP contribution in [0.3, 0.4) is 0 Å². The minimum Gasteiger partial charge on any atom is -0.481 e. The van der Waals surface area contributed by atoms with E-state index in [4.69, 9.17) is 5.11 Å². The maximum atomic E-state index is 11.9. The Kier molecular flexibility index (Phi) is 5.79. The molecule has 0 aliphatic carbocycles. The summed E-state index contributed by atoms with van der Waals surface area (Å²) in [5, 5.41) is 11.2. The van der Waals surface area contributed by atoms with Gasteiger partial charge in [-0.2, -0.15) is 0 Å². The first-order chi connectivity index (χ1) is 8.91. The molecule has 108 valence electrons. The number of carboxylic acid groups (broad SMARTS) is 1. The molecular weight excluding hydrogens is 248 g/mol. The van der Waals surface area contributed by atoms with Gasteiger partial charge in [-0.15, -0.1) is 0 Å². The summed E-state index contributed by atoms with van der Waals surface area (Å²) < 4.78 is 0. The number of hydrogen-bond donors (Lipinski definition) is 2. The number of likely N-dealkylation sites (tertiary alicyclic amines) is 1. The van der Waals surface area contributed by atoms with Crippen molar-refractivity contribution in [3.05, 3.63) is 0 Å². The van der Waals surface area contributed by atoms with Crippen molar-refractivity contribution < 1.29 is 19.5 Å². The molecule has 0 bridgehead atoms. The van der Waals surface area contributed by atoms with Crippen LogP contribution >= 0.6 is 0 Å². The number of nitrogens with one attached hydrogen (secondary N) is 1. The van der Waals surface area contributed by atoms with Crippen LogP contribution in [0.25, 0.3) is 0 Å². The molecule has 1 heterocycles. The van der Waals surface area contributed by atoms with E-state index < -0.39 is 12.0 Å². The second-order valence-electron chi connectivity index (χ2n) is 5.14. The Morgan fingerprint density at radius 2 is 2.00 bits per heavy atom. The van der Waals surface area contributed by atoms with Gasteiger partial charge in [0, 0.05) is 25.4 Å². The van der Waals surface area contributed by atoms with Gasteiger partial charge in [0.1, 0.15) is 6.04 Å². The first-order valence-corrected chi connectivity index (χ1v) is 6.73. The Balaban J connectivity index is 2.26. The molecule has 0 saturated carbocycles. The minimum absolute atomic E-state index is 0.0196.